The number of thiazole rings is 1. The van der Waals surface area contributed by atoms with E-state index < -0.39 is 29.7 Å². The number of ether oxygens (including phenoxy) is 1. The first-order valence-corrected chi connectivity index (χ1v) is 15.2. The number of aliphatic hydroxyl groups is 2. The number of rotatable bonds is 12. The van der Waals surface area contributed by atoms with Crippen LogP contribution in [0.5, 0.6) is 0 Å². The van der Waals surface area contributed by atoms with Crippen LogP contribution in [0, 0.1) is 0 Å². The maximum absolute atomic E-state index is 13.8. The van der Waals surface area contributed by atoms with Gasteiger partial charge in [0.2, 0.25) is 0 Å². The summed E-state index contributed by atoms with van der Waals surface area (Å²) in [7, 11) is 0. The molecule has 0 aliphatic carbocycles. The smallest absolute Gasteiger partial charge is 0.407 e. The number of nitrogens with zero attached hydrogens (tertiary/aromatic N) is 4. The van der Waals surface area contributed by atoms with Gasteiger partial charge in [-0.15, -0.1) is 11.3 Å². The monoisotopic (exact) mass is 607 g/mol. The van der Waals surface area contributed by atoms with Crippen LogP contribution in [0.4, 0.5) is 10.8 Å². The lowest BCUT2D eigenvalue weighted by Crippen LogP contribution is -2.52. The van der Waals surface area contributed by atoms with Crippen molar-refractivity contribution >= 4 is 40.5 Å². The van der Waals surface area contributed by atoms with Crippen LogP contribution in [0.2, 0.25) is 0 Å². The molecular weight excluding hydrogens is 570 g/mol. The van der Waals surface area contributed by atoms with Crippen molar-refractivity contribution < 1.29 is 29.0 Å². The summed E-state index contributed by atoms with van der Waals surface area (Å²) in [5, 5.41) is 24.9. The fraction of sp³-hybridized carbons (Fsp3) is 0.419. The number of fused-ring (bicyclic) bond motifs is 1. The van der Waals surface area contributed by atoms with E-state index in [0.29, 0.717) is 29.1 Å². The van der Waals surface area contributed by atoms with E-state index in [1.165, 1.54) is 16.2 Å². The molecule has 2 amide bonds. The number of hydrogen-bond donors (Lipinski definition) is 3. The molecule has 0 saturated carbocycles. The minimum Gasteiger partial charge on any atom is -0.444 e. The van der Waals surface area contributed by atoms with Crippen LogP contribution in [0.25, 0.3) is 11.1 Å². The highest BCUT2D eigenvalue weighted by atomic mass is 32.1. The largest absolute Gasteiger partial charge is 0.444 e. The molecule has 4 aromatic rings. The second kappa shape index (κ2) is 13.5. The summed E-state index contributed by atoms with van der Waals surface area (Å²) in [6, 6.07) is 14.2. The van der Waals surface area contributed by atoms with E-state index in [4.69, 9.17) is 9.15 Å². The highest BCUT2D eigenvalue weighted by molar-refractivity contribution is 7.09. The van der Waals surface area contributed by atoms with Gasteiger partial charge in [-0.05, 0) is 56.9 Å². The van der Waals surface area contributed by atoms with Crippen molar-refractivity contribution in [3.8, 4) is 0 Å². The molecule has 1 aliphatic heterocycles. The number of aromatic nitrogens is 2. The van der Waals surface area contributed by atoms with E-state index in [-0.39, 0.29) is 19.7 Å². The van der Waals surface area contributed by atoms with E-state index in [0.717, 1.165) is 36.4 Å². The summed E-state index contributed by atoms with van der Waals surface area (Å²) in [6.07, 6.45) is 2.21. The quantitative estimate of drug-likeness (QED) is 0.218. The molecule has 0 unspecified atom stereocenters. The number of nitrogens with one attached hydrogen (secondary N) is 1. The van der Waals surface area contributed by atoms with E-state index >= 15 is 0 Å². The average Bonchev–Trinajstić information content (AvgIpc) is 3.76. The lowest BCUT2D eigenvalue weighted by Gasteiger charge is -2.33. The number of alkyl carbamates (subject to hydrolysis) is 1. The lowest BCUT2D eigenvalue weighted by molar-refractivity contribution is 0.0111. The van der Waals surface area contributed by atoms with Gasteiger partial charge in [-0.2, -0.15) is 4.98 Å². The predicted octanol–water partition coefficient (Wildman–Crippen LogP) is 4.00. The van der Waals surface area contributed by atoms with E-state index in [1.54, 1.807) is 43.8 Å². The topological polar surface area (TPSA) is 141 Å². The number of hydrogen-bond acceptors (Lipinski definition) is 10. The summed E-state index contributed by atoms with van der Waals surface area (Å²) < 4.78 is 11.3. The van der Waals surface area contributed by atoms with Gasteiger partial charge in [0, 0.05) is 37.9 Å². The van der Waals surface area contributed by atoms with Crippen LogP contribution in [0.1, 0.15) is 47.5 Å². The zero-order valence-electron chi connectivity index (χ0n) is 24.3. The molecule has 3 heterocycles. The van der Waals surface area contributed by atoms with E-state index in [1.807, 2.05) is 30.3 Å². The third-order valence-electron chi connectivity index (χ3n) is 7.17. The second-order valence-electron chi connectivity index (χ2n) is 11.4. The van der Waals surface area contributed by atoms with Gasteiger partial charge in [0.15, 0.2) is 5.58 Å². The molecule has 3 N–H and O–H groups in total. The maximum Gasteiger partial charge on any atom is 0.407 e. The van der Waals surface area contributed by atoms with Crippen LogP contribution in [-0.2, 0) is 17.8 Å². The SMILES string of the molecule is CC(C)(O)CN(C[C@@H](O)[C@H](Cc1ccccc1)NC(=O)OCc1cncs1)C(=O)c1ccc2nc(N3CCCC3)oc2c1. The van der Waals surface area contributed by atoms with Gasteiger partial charge in [0.1, 0.15) is 12.1 Å². The molecule has 12 heteroatoms. The van der Waals surface area contributed by atoms with Gasteiger partial charge < -0.3 is 34.5 Å². The molecule has 43 heavy (non-hydrogen) atoms. The van der Waals surface area contributed by atoms with Gasteiger partial charge in [0.25, 0.3) is 11.9 Å². The Morgan fingerprint density at radius 1 is 1.19 bits per heavy atom. The summed E-state index contributed by atoms with van der Waals surface area (Å²) in [6.45, 7) is 4.81. The summed E-state index contributed by atoms with van der Waals surface area (Å²) in [4.78, 5) is 39.4. The number of carbonyl (C=O) groups excluding carboxylic acids is 2. The maximum atomic E-state index is 13.8. The van der Waals surface area contributed by atoms with Crippen LogP contribution in [0.3, 0.4) is 0 Å². The number of oxazole rings is 1. The standard InChI is InChI=1S/C31H37N5O6S/c1-31(2,40)19-36(28(38)22-10-11-24-27(15-22)42-29(33-24)35-12-6-7-13-35)17-26(37)25(14-21-8-4-3-5-9-21)34-30(39)41-18-23-16-32-20-43-23/h3-5,8-11,15-16,20,25-26,37,40H,6-7,12-14,17-19H2,1-2H3,(H,34,39)/t25-,26+/m0/s1. The Morgan fingerprint density at radius 3 is 2.65 bits per heavy atom. The predicted molar refractivity (Wildman–Crippen MR) is 163 cm³/mol. The Morgan fingerprint density at radius 2 is 1.95 bits per heavy atom. The highest BCUT2D eigenvalue weighted by Gasteiger charge is 2.30. The molecular formula is C31H37N5O6S. The van der Waals surface area contributed by atoms with Crippen LogP contribution < -0.4 is 10.2 Å². The molecule has 0 radical (unpaired) electrons. The normalized spacial score (nSPS) is 14.9. The molecule has 1 fully saturated rings. The van der Waals surface area contributed by atoms with Crippen LogP contribution in [-0.4, -0.2) is 81.0 Å². The van der Waals surface area contributed by atoms with Gasteiger partial charge >= 0.3 is 6.09 Å². The van der Waals surface area contributed by atoms with Crippen molar-refractivity contribution in [1.82, 2.24) is 20.2 Å². The van der Waals surface area contributed by atoms with Gasteiger partial charge in [-0.1, -0.05) is 30.3 Å². The molecule has 11 nitrogen and oxygen atoms in total. The Labute approximate surface area is 254 Å². The fourth-order valence-electron chi connectivity index (χ4n) is 5.11. The summed E-state index contributed by atoms with van der Waals surface area (Å²) >= 11 is 1.37. The Kier molecular flexibility index (Phi) is 9.59. The molecule has 2 aromatic carbocycles. The van der Waals surface area contributed by atoms with Crippen molar-refractivity contribution in [3.05, 3.63) is 76.2 Å². The first-order chi connectivity index (χ1) is 20.6. The van der Waals surface area contributed by atoms with E-state index in [9.17, 15) is 19.8 Å². The van der Waals surface area contributed by atoms with E-state index in [2.05, 4.69) is 20.2 Å². The van der Waals surface area contributed by atoms with Crippen molar-refractivity contribution in [2.45, 2.75) is 57.5 Å². The summed E-state index contributed by atoms with van der Waals surface area (Å²) in [5.74, 6) is -0.395. The summed E-state index contributed by atoms with van der Waals surface area (Å²) in [5.41, 5.74) is 2.77. The highest BCUT2D eigenvalue weighted by Crippen LogP contribution is 2.26. The molecule has 2 atom stereocenters. The van der Waals surface area contributed by atoms with Crippen LogP contribution >= 0.6 is 11.3 Å². The number of anilines is 1. The molecule has 1 aliphatic rings. The second-order valence-corrected chi connectivity index (χ2v) is 12.4. The molecule has 0 spiro atoms. The van der Waals surface area contributed by atoms with Gasteiger partial charge in [-0.25, -0.2) is 4.79 Å². The van der Waals surface area contributed by atoms with Crippen molar-refractivity contribution in [2.24, 2.45) is 0 Å². The minimum atomic E-state index is -1.25. The first-order valence-electron chi connectivity index (χ1n) is 14.3. The number of benzene rings is 2. The Balaban J connectivity index is 1.34. The first kappa shape index (κ1) is 30.5. The van der Waals surface area contributed by atoms with Gasteiger partial charge in [-0.3, -0.25) is 9.78 Å². The molecule has 0 bridgehead atoms. The zero-order valence-corrected chi connectivity index (χ0v) is 25.1. The molecule has 2 aromatic heterocycles. The molecule has 1 saturated heterocycles. The third kappa shape index (κ3) is 8.31. The molecule has 228 valence electrons. The number of amides is 2. The van der Waals surface area contributed by atoms with Crippen molar-refractivity contribution in [2.75, 3.05) is 31.1 Å². The number of aliphatic hydroxyl groups excluding tert-OH is 1. The average molecular weight is 608 g/mol. The zero-order chi connectivity index (χ0) is 30.4. The Bertz CT molecular complexity index is 1500. The third-order valence-corrected chi connectivity index (χ3v) is 7.92. The van der Waals surface area contributed by atoms with Gasteiger partial charge in [0.05, 0.1) is 28.1 Å². The van der Waals surface area contributed by atoms with Crippen molar-refractivity contribution in [3.63, 3.8) is 0 Å². The van der Waals surface area contributed by atoms with Crippen molar-refractivity contribution in [1.29, 1.82) is 0 Å². The fourth-order valence-corrected chi connectivity index (χ4v) is 5.61. The number of carbonyl (C=O) groups is 2. The lowest BCUT2D eigenvalue weighted by atomic mass is 10.00. The Hall–Kier alpha value is -4.00. The van der Waals surface area contributed by atoms with Crippen LogP contribution in [0.15, 0.2) is 64.7 Å². The minimum absolute atomic E-state index is 0.0513. The molecule has 5 rings (SSSR count).